The Kier molecular flexibility index (Phi) is 4.47. The summed E-state index contributed by atoms with van der Waals surface area (Å²) in [7, 11) is 0. The molecule has 0 unspecified atom stereocenters. The normalized spacial score (nSPS) is 9.87. The van der Waals surface area contributed by atoms with Crippen LogP contribution in [0.5, 0.6) is 11.5 Å². The zero-order valence-corrected chi connectivity index (χ0v) is 8.35. The summed E-state index contributed by atoms with van der Waals surface area (Å²) in [6.07, 6.45) is 1.51. The van der Waals surface area contributed by atoms with Crippen molar-refractivity contribution in [1.29, 1.82) is 0 Å². The fourth-order valence-electron chi connectivity index (χ4n) is 1.11. The summed E-state index contributed by atoms with van der Waals surface area (Å²) >= 11 is 0. The van der Waals surface area contributed by atoms with Crippen molar-refractivity contribution in [3.05, 3.63) is 24.3 Å². The third-order valence-corrected chi connectivity index (χ3v) is 1.89. The Morgan fingerprint density at radius 2 is 1.87 bits per heavy atom. The molecule has 0 heterocycles. The topological polar surface area (TPSA) is 66.8 Å². The fourth-order valence-corrected chi connectivity index (χ4v) is 1.11. The summed E-state index contributed by atoms with van der Waals surface area (Å²) < 4.78 is 5.34. The minimum atomic E-state index is -0.778. The Bertz CT molecular complexity index is 305. The van der Waals surface area contributed by atoms with Gasteiger partial charge in [-0.15, -0.1) is 0 Å². The van der Waals surface area contributed by atoms with Crippen LogP contribution in [0, 0.1) is 0 Å². The molecule has 0 aliphatic carbocycles. The molecule has 82 valence electrons. The third kappa shape index (κ3) is 4.90. The van der Waals surface area contributed by atoms with Crippen molar-refractivity contribution in [3.8, 4) is 11.5 Å². The Labute approximate surface area is 88.1 Å². The van der Waals surface area contributed by atoms with E-state index in [2.05, 4.69) is 0 Å². The van der Waals surface area contributed by atoms with Crippen LogP contribution >= 0.6 is 0 Å². The molecule has 0 aliphatic heterocycles. The first-order valence-electron chi connectivity index (χ1n) is 4.82. The highest BCUT2D eigenvalue weighted by Crippen LogP contribution is 2.16. The van der Waals surface area contributed by atoms with Gasteiger partial charge in [-0.05, 0) is 37.1 Å². The molecule has 4 heteroatoms. The van der Waals surface area contributed by atoms with Gasteiger partial charge in [0.1, 0.15) is 11.5 Å². The first-order chi connectivity index (χ1) is 7.18. The van der Waals surface area contributed by atoms with Crippen LogP contribution in [0.1, 0.15) is 19.3 Å². The predicted octanol–water partition coefficient (Wildman–Crippen LogP) is 2.03. The molecule has 0 saturated heterocycles. The van der Waals surface area contributed by atoms with Gasteiger partial charge in [0.05, 0.1) is 6.61 Å². The lowest BCUT2D eigenvalue weighted by Gasteiger charge is -2.04. The van der Waals surface area contributed by atoms with E-state index in [-0.39, 0.29) is 12.2 Å². The van der Waals surface area contributed by atoms with Crippen molar-refractivity contribution in [2.24, 2.45) is 0 Å². The molecule has 0 amide bonds. The molecular weight excluding hydrogens is 196 g/mol. The van der Waals surface area contributed by atoms with E-state index in [4.69, 9.17) is 14.9 Å². The fraction of sp³-hybridized carbons (Fsp3) is 0.364. The molecule has 0 bridgehead atoms. The smallest absolute Gasteiger partial charge is 0.303 e. The van der Waals surface area contributed by atoms with Crippen LogP contribution in [0.15, 0.2) is 24.3 Å². The van der Waals surface area contributed by atoms with Gasteiger partial charge in [0.2, 0.25) is 0 Å². The lowest BCUT2D eigenvalue weighted by atomic mass is 10.2. The van der Waals surface area contributed by atoms with Crippen molar-refractivity contribution in [1.82, 2.24) is 0 Å². The highest BCUT2D eigenvalue weighted by atomic mass is 16.5. The van der Waals surface area contributed by atoms with E-state index < -0.39 is 5.97 Å². The number of benzene rings is 1. The second-order valence-electron chi connectivity index (χ2n) is 3.19. The molecule has 0 spiro atoms. The lowest BCUT2D eigenvalue weighted by Crippen LogP contribution is -2.00. The minimum Gasteiger partial charge on any atom is -0.508 e. The van der Waals surface area contributed by atoms with Crippen molar-refractivity contribution < 1.29 is 19.7 Å². The van der Waals surface area contributed by atoms with Crippen LogP contribution in [0.2, 0.25) is 0 Å². The Morgan fingerprint density at radius 3 is 2.47 bits per heavy atom. The lowest BCUT2D eigenvalue weighted by molar-refractivity contribution is -0.137. The molecule has 0 atom stereocenters. The number of hydrogen-bond acceptors (Lipinski definition) is 3. The highest BCUT2D eigenvalue weighted by Gasteiger charge is 1.97. The zero-order chi connectivity index (χ0) is 11.1. The number of hydrogen-bond donors (Lipinski definition) is 2. The SMILES string of the molecule is O=C(O)CCCCOc1ccc(O)cc1. The number of phenolic OH excluding ortho intramolecular Hbond substituents is 1. The number of ether oxygens (including phenoxy) is 1. The van der Waals surface area contributed by atoms with Gasteiger partial charge >= 0.3 is 5.97 Å². The second kappa shape index (κ2) is 5.90. The van der Waals surface area contributed by atoms with Gasteiger partial charge < -0.3 is 14.9 Å². The molecule has 0 fully saturated rings. The van der Waals surface area contributed by atoms with Gasteiger partial charge in [0, 0.05) is 6.42 Å². The molecule has 1 aromatic carbocycles. The summed E-state index contributed by atoms with van der Waals surface area (Å²) in [5.74, 6) is 0.107. The van der Waals surface area contributed by atoms with Crippen molar-refractivity contribution in [2.45, 2.75) is 19.3 Å². The summed E-state index contributed by atoms with van der Waals surface area (Å²) in [4.78, 5) is 10.2. The zero-order valence-electron chi connectivity index (χ0n) is 8.35. The van der Waals surface area contributed by atoms with E-state index >= 15 is 0 Å². The first kappa shape index (κ1) is 11.4. The predicted molar refractivity (Wildman–Crippen MR) is 55.1 cm³/mol. The number of carboxylic acid groups (broad SMARTS) is 1. The number of aliphatic carboxylic acids is 1. The molecule has 0 aliphatic rings. The van der Waals surface area contributed by atoms with Gasteiger partial charge in [-0.1, -0.05) is 0 Å². The molecule has 15 heavy (non-hydrogen) atoms. The number of unbranched alkanes of at least 4 members (excludes halogenated alkanes) is 1. The number of phenols is 1. The number of carbonyl (C=O) groups is 1. The van der Waals surface area contributed by atoms with E-state index in [0.717, 1.165) is 0 Å². The largest absolute Gasteiger partial charge is 0.508 e. The van der Waals surface area contributed by atoms with Crippen LogP contribution in [-0.2, 0) is 4.79 Å². The molecule has 1 aromatic rings. The van der Waals surface area contributed by atoms with Crippen LogP contribution in [0.25, 0.3) is 0 Å². The maximum atomic E-state index is 10.2. The molecule has 0 aromatic heterocycles. The Hall–Kier alpha value is -1.71. The average molecular weight is 210 g/mol. The van der Waals surface area contributed by atoms with E-state index in [0.29, 0.717) is 25.2 Å². The third-order valence-electron chi connectivity index (χ3n) is 1.89. The van der Waals surface area contributed by atoms with Crippen LogP contribution in [-0.4, -0.2) is 22.8 Å². The van der Waals surface area contributed by atoms with Gasteiger partial charge in [0.15, 0.2) is 0 Å². The molecule has 2 N–H and O–H groups in total. The standard InChI is InChI=1S/C11H14O4/c12-9-4-6-10(7-5-9)15-8-2-1-3-11(13)14/h4-7,12H,1-3,8H2,(H,13,14). The minimum absolute atomic E-state index is 0.180. The van der Waals surface area contributed by atoms with Gasteiger partial charge in [0.25, 0.3) is 0 Å². The number of carboxylic acids is 1. The van der Waals surface area contributed by atoms with Gasteiger partial charge in [-0.25, -0.2) is 0 Å². The Morgan fingerprint density at radius 1 is 1.20 bits per heavy atom. The molecule has 0 radical (unpaired) electrons. The molecule has 1 rings (SSSR count). The highest BCUT2D eigenvalue weighted by molar-refractivity contribution is 5.66. The monoisotopic (exact) mass is 210 g/mol. The number of aromatic hydroxyl groups is 1. The maximum absolute atomic E-state index is 10.2. The Balaban J connectivity index is 2.15. The maximum Gasteiger partial charge on any atom is 0.303 e. The first-order valence-corrected chi connectivity index (χ1v) is 4.82. The van der Waals surface area contributed by atoms with Crippen molar-refractivity contribution in [3.63, 3.8) is 0 Å². The average Bonchev–Trinajstić information content (AvgIpc) is 2.20. The van der Waals surface area contributed by atoms with Crippen LogP contribution in [0.3, 0.4) is 0 Å². The summed E-state index contributed by atoms with van der Waals surface area (Å²) in [5.41, 5.74) is 0. The summed E-state index contributed by atoms with van der Waals surface area (Å²) in [6.45, 7) is 0.498. The molecular formula is C11H14O4. The summed E-state index contributed by atoms with van der Waals surface area (Å²) in [5, 5.41) is 17.4. The van der Waals surface area contributed by atoms with E-state index in [1.165, 1.54) is 0 Å². The van der Waals surface area contributed by atoms with E-state index in [1.54, 1.807) is 24.3 Å². The quantitative estimate of drug-likeness (QED) is 0.705. The van der Waals surface area contributed by atoms with Gasteiger partial charge in [-0.2, -0.15) is 0 Å². The number of rotatable bonds is 6. The van der Waals surface area contributed by atoms with Crippen molar-refractivity contribution >= 4 is 5.97 Å². The molecule has 4 nitrogen and oxygen atoms in total. The van der Waals surface area contributed by atoms with Gasteiger partial charge in [-0.3, -0.25) is 4.79 Å². The van der Waals surface area contributed by atoms with Crippen molar-refractivity contribution in [2.75, 3.05) is 6.61 Å². The van der Waals surface area contributed by atoms with Crippen LogP contribution < -0.4 is 4.74 Å². The van der Waals surface area contributed by atoms with Crippen LogP contribution in [0.4, 0.5) is 0 Å². The van der Waals surface area contributed by atoms with E-state index in [1.807, 2.05) is 0 Å². The van der Waals surface area contributed by atoms with E-state index in [9.17, 15) is 4.79 Å². The molecule has 0 saturated carbocycles. The second-order valence-corrected chi connectivity index (χ2v) is 3.19. The summed E-state index contributed by atoms with van der Waals surface area (Å²) in [6, 6.07) is 6.44.